The highest BCUT2D eigenvalue weighted by atomic mass is 32.2. The molecule has 0 unspecified atom stereocenters. The van der Waals surface area contributed by atoms with E-state index in [9.17, 15) is 22.8 Å². The van der Waals surface area contributed by atoms with Crippen molar-refractivity contribution < 1.29 is 22.8 Å². The minimum atomic E-state index is -4.62. The minimum absolute atomic E-state index is 0.0723. The van der Waals surface area contributed by atoms with E-state index in [0.717, 1.165) is 23.4 Å². The van der Waals surface area contributed by atoms with E-state index in [1.807, 2.05) is 5.32 Å². The number of alkyl halides is 3. The molecule has 20 heavy (non-hydrogen) atoms. The average Bonchev–Trinajstić information content (AvgIpc) is 2.70. The van der Waals surface area contributed by atoms with Crippen LogP contribution in [-0.4, -0.2) is 39.0 Å². The lowest BCUT2D eigenvalue weighted by Crippen LogP contribution is -2.41. The number of urea groups is 1. The third-order valence-corrected chi connectivity index (χ3v) is 3.34. The summed E-state index contributed by atoms with van der Waals surface area (Å²) in [4.78, 5) is 22.5. The number of carbonyl (C=O) groups excluding carboxylic acids is 2. The molecule has 0 saturated heterocycles. The molecule has 0 spiro atoms. The Labute approximate surface area is 116 Å². The van der Waals surface area contributed by atoms with E-state index >= 15 is 0 Å². The van der Waals surface area contributed by atoms with Gasteiger partial charge in [-0.2, -0.15) is 13.2 Å². The van der Waals surface area contributed by atoms with E-state index in [4.69, 9.17) is 0 Å². The molecule has 0 aliphatic carbocycles. The Hall–Kier alpha value is -1.78. The topological polar surface area (TPSA) is 88.9 Å². The molecule has 0 radical (unpaired) electrons. The fraction of sp³-hybridized carbons (Fsp3) is 0.556. The summed E-state index contributed by atoms with van der Waals surface area (Å²) in [5.74, 6) is -1.80. The van der Waals surface area contributed by atoms with Crippen LogP contribution in [-0.2, 0) is 18.0 Å². The Morgan fingerprint density at radius 3 is 2.40 bits per heavy atom. The van der Waals surface area contributed by atoms with Crippen LogP contribution < -0.4 is 10.6 Å². The normalized spacial score (nSPS) is 12.9. The Balaban J connectivity index is 2.77. The third kappa shape index (κ3) is 3.85. The van der Waals surface area contributed by atoms with Gasteiger partial charge in [-0.25, -0.2) is 4.79 Å². The van der Waals surface area contributed by atoms with Crippen LogP contribution in [0.4, 0.5) is 18.0 Å². The first-order valence-electron chi connectivity index (χ1n) is 5.32. The second-order valence-corrected chi connectivity index (χ2v) is 5.00. The van der Waals surface area contributed by atoms with Gasteiger partial charge in [0, 0.05) is 14.1 Å². The predicted octanol–water partition coefficient (Wildman–Crippen LogP) is 0.770. The van der Waals surface area contributed by atoms with Crippen molar-refractivity contribution in [3.05, 3.63) is 5.82 Å². The number of hydrogen-bond donors (Lipinski definition) is 2. The van der Waals surface area contributed by atoms with Crippen molar-refractivity contribution in [2.24, 2.45) is 7.05 Å². The fourth-order valence-corrected chi connectivity index (χ4v) is 1.97. The number of aromatic nitrogens is 3. The number of halogens is 3. The summed E-state index contributed by atoms with van der Waals surface area (Å²) in [5, 5.41) is 9.74. The van der Waals surface area contributed by atoms with Crippen LogP contribution in [0.5, 0.6) is 0 Å². The number of carbonyl (C=O) groups is 2. The lowest BCUT2D eigenvalue weighted by molar-refractivity contribution is -0.147. The number of rotatable bonds is 3. The smallest absolute Gasteiger partial charge is 0.341 e. The van der Waals surface area contributed by atoms with E-state index in [-0.39, 0.29) is 5.16 Å². The number of nitrogens with zero attached hydrogens (tertiary/aromatic N) is 3. The van der Waals surface area contributed by atoms with Gasteiger partial charge in [-0.15, -0.1) is 10.2 Å². The van der Waals surface area contributed by atoms with Crippen LogP contribution in [0.25, 0.3) is 0 Å². The van der Waals surface area contributed by atoms with Crippen LogP contribution >= 0.6 is 11.8 Å². The number of amides is 3. The van der Waals surface area contributed by atoms with Gasteiger partial charge in [0.15, 0.2) is 5.16 Å². The molecule has 1 aromatic heterocycles. The summed E-state index contributed by atoms with van der Waals surface area (Å²) in [6, 6.07) is -0.698. The van der Waals surface area contributed by atoms with Gasteiger partial charge in [0.05, 0.1) is 5.25 Å². The lowest BCUT2D eigenvalue weighted by Gasteiger charge is -2.11. The molecule has 0 fully saturated rings. The second kappa shape index (κ2) is 6.11. The van der Waals surface area contributed by atoms with Crippen molar-refractivity contribution in [2.75, 3.05) is 7.05 Å². The molecule has 7 nitrogen and oxygen atoms in total. The summed E-state index contributed by atoms with van der Waals surface area (Å²) in [6.07, 6.45) is -4.62. The maximum Gasteiger partial charge on any atom is 0.451 e. The molecule has 0 saturated carbocycles. The number of nitrogens with one attached hydrogen (secondary N) is 2. The molecular formula is C9H12F3N5O2S. The summed E-state index contributed by atoms with van der Waals surface area (Å²) in [7, 11) is 2.48. The third-order valence-electron chi connectivity index (χ3n) is 2.20. The molecule has 0 aliphatic rings. The first-order chi connectivity index (χ1) is 9.16. The minimum Gasteiger partial charge on any atom is -0.341 e. The predicted molar refractivity (Wildman–Crippen MR) is 63.9 cm³/mol. The molecule has 1 aromatic rings. The van der Waals surface area contributed by atoms with Crippen molar-refractivity contribution in [1.29, 1.82) is 0 Å². The Morgan fingerprint density at radius 1 is 1.35 bits per heavy atom. The maximum atomic E-state index is 12.5. The molecule has 1 heterocycles. The van der Waals surface area contributed by atoms with Gasteiger partial charge in [-0.1, -0.05) is 11.8 Å². The molecule has 0 aromatic carbocycles. The van der Waals surface area contributed by atoms with Crippen molar-refractivity contribution in [2.45, 2.75) is 23.5 Å². The molecule has 0 aliphatic heterocycles. The van der Waals surface area contributed by atoms with Gasteiger partial charge in [0.1, 0.15) is 0 Å². The van der Waals surface area contributed by atoms with Crippen LogP contribution in [0, 0.1) is 0 Å². The van der Waals surface area contributed by atoms with Crippen molar-refractivity contribution in [1.82, 2.24) is 25.4 Å². The number of imide groups is 1. The van der Waals surface area contributed by atoms with Gasteiger partial charge < -0.3 is 9.88 Å². The van der Waals surface area contributed by atoms with Crippen LogP contribution in [0.1, 0.15) is 12.7 Å². The Bertz CT molecular complexity index is 516. The summed E-state index contributed by atoms with van der Waals surface area (Å²) in [6.45, 7) is 1.44. The highest BCUT2D eigenvalue weighted by Crippen LogP contribution is 2.30. The van der Waals surface area contributed by atoms with E-state index in [0.29, 0.717) is 0 Å². The van der Waals surface area contributed by atoms with Crippen LogP contribution in [0.2, 0.25) is 0 Å². The Kier molecular flexibility index (Phi) is 4.98. The maximum absolute atomic E-state index is 12.5. The zero-order chi connectivity index (χ0) is 15.5. The summed E-state index contributed by atoms with van der Waals surface area (Å²) >= 11 is 0.765. The standard InChI is InChI=1S/C9H12F3N5O2S/c1-4(5(18)14-7(19)13-2)20-8-16-15-6(17(8)3)9(10,11)12/h4H,1-3H3,(H2,13,14,18,19)/t4-/m0/s1. The van der Waals surface area contributed by atoms with Crippen molar-refractivity contribution in [3.63, 3.8) is 0 Å². The highest BCUT2D eigenvalue weighted by molar-refractivity contribution is 8.00. The first-order valence-corrected chi connectivity index (χ1v) is 6.20. The van der Waals surface area contributed by atoms with Gasteiger partial charge in [0.25, 0.3) is 0 Å². The molecular weight excluding hydrogens is 299 g/mol. The lowest BCUT2D eigenvalue weighted by atomic mass is 10.4. The average molecular weight is 311 g/mol. The number of thioether (sulfide) groups is 1. The summed E-state index contributed by atoms with van der Waals surface area (Å²) in [5.41, 5.74) is 0. The first kappa shape index (κ1) is 16.3. The molecule has 3 amide bonds. The van der Waals surface area contributed by atoms with Gasteiger partial charge in [0.2, 0.25) is 11.7 Å². The molecule has 1 rings (SSSR count). The van der Waals surface area contributed by atoms with Gasteiger partial charge in [-0.3, -0.25) is 10.1 Å². The van der Waals surface area contributed by atoms with Crippen LogP contribution in [0.3, 0.4) is 0 Å². The second-order valence-electron chi connectivity index (χ2n) is 3.69. The molecule has 1 atom stereocenters. The zero-order valence-corrected chi connectivity index (χ0v) is 11.6. The Morgan fingerprint density at radius 2 is 1.95 bits per heavy atom. The van der Waals surface area contributed by atoms with Crippen LogP contribution in [0.15, 0.2) is 5.16 Å². The molecule has 112 valence electrons. The molecule has 2 N–H and O–H groups in total. The van der Waals surface area contributed by atoms with E-state index in [1.54, 1.807) is 0 Å². The van der Waals surface area contributed by atoms with E-state index in [2.05, 4.69) is 15.5 Å². The monoisotopic (exact) mass is 311 g/mol. The SMILES string of the molecule is CNC(=O)NC(=O)[C@H](C)Sc1nnc(C(F)(F)F)n1C. The van der Waals surface area contributed by atoms with Gasteiger partial charge >= 0.3 is 12.2 Å². The number of hydrogen-bond acceptors (Lipinski definition) is 5. The quantitative estimate of drug-likeness (QED) is 0.805. The largest absolute Gasteiger partial charge is 0.451 e. The molecule has 0 bridgehead atoms. The van der Waals surface area contributed by atoms with Crippen molar-refractivity contribution in [3.8, 4) is 0 Å². The van der Waals surface area contributed by atoms with E-state index in [1.165, 1.54) is 14.0 Å². The fourth-order valence-electron chi connectivity index (χ4n) is 1.15. The highest BCUT2D eigenvalue weighted by Gasteiger charge is 2.37. The molecule has 11 heteroatoms. The van der Waals surface area contributed by atoms with Gasteiger partial charge in [-0.05, 0) is 6.92 Å². The van der Waals surface area contributed by atoms with E-state index < -0.39 is 29.2 Å². The summed E-state index contributed by atoms with van der Waals surface area (Å²) < 4.78 is 38.3. The zero-order valence-electron chi connectivity index (χ0n) is 10.8. The van der Waals surface area contributed by atoms with Crippen molar-refractivity contribution >= 4 is 23.7 Å².